The van der Waals surface area contributed by atoms with Crippen molar-refractivity contribution in [2.24, 2.45) is 0 Å². The number of aliphatic carboxylic acids is 1. The molecule has 0 aliphatic carbocycles. The van der Waals surface area contributed by atoms with E-state index in [1.54, 1.807) is 0 Å². The zero-order valence-corrected chi connectivity index (χ0v) is 12.0. The molecule has 1 aliphatic rings. The fraction of sp³-hybridized carbons (Fsp3) is 0.600. The fourth-order valence-electron chi connectivity index (χ4n) is 1.61. The second kappa shape index (κ2) is 6.52. The molecule has 3 N–H and O–H groups in total. The maximum Gasteiger partial charge on any atom is 0.326 e. The van der Waals surface area contributed by atoms with Crippen molar-refractivity contribution in [3.8, 4) is 0 Å². The van der Waals surface area contributed by atoms with Crippen LogP contribution in [0.1, 0.15) is 6.42 Å². The number of hydrogen-bond donors (Lipinski definition) is 3. The first-order chi connectivity index (χ1) is 9.58. The highest BCUT2D eigenvalue weighted by molar-refractivity contribution is 7.90. The van der Waals surface area contributed by atoms with Crippen LogP contribution < -0.4 is 10.6 Å². The van der Waals surface area contributed by atoms with E-state index >= 15 is 0 Å². The van der Waals surface area contributed by atoms with Crippen molar-refractivity contribution in [2.75, 3.05) is 25.1 Å². The molecule has 118 valence electrons. The van der Waals surface area contributed by atoms with Gasteiger partial charge in [-0.25, -0.2) is 18.0 Å². The number of imide groups is 1. The lowest BCUT2D eigenvalue weighted by Gasteiger charge is -2.27. The highest BCUT2D eigenvalue weighted by atomic mass is 32.2. The van der Waals surface area contributed by atoms with E-state index in [1.807, 2.05) is 5.32 Å². The van der Waals surface area contributed by atoms with Gasteiger partial charge in [0.05, 0.1) is 5.75 Å². The summed E-state index contributed by atoms with van der Waals surface area (Å²) in [5.74, 6) is -3.17. The molecule has 1 aliphatic heterocycles. The Balaban J connectivity index is 2.66. The average molecular weight is 321 g/mol. The Labute approximate surface area is 120 Å². The summed E-state index contributed by atoms with van der Waals surface area (Å²) in [6, 6.07) is -2.34. The molecule has 1 saturated heterocycles. The van der Waals surface area contributed by atoms with Gasteiger partial charge >= 0.3 is 12.0 Å². The molecule has 1 unspecified atom stereocenters. The monoisotopic (exact) mass is 321 g/mol. The highest BCUT2D eigenvalue weighted by Gasteiger charge is 2.29. The number of urea groups is 1. The predicted molar refractivity (Wildman–Crippen MR) is 69.0 cm³/mol. The minimum absolute atomic E-state index is 0.312. The summed E-state index contributed by atoms with van der Waals surface area (Å²) in [7, 11) is -3.38. The quantitative estimate of drug-likeness (QED) is 0.475. The molecule has 4 amide bonds. The first-order valence-electron chi connectivity index (χ1n) is 5.87. The molecule has 1 rings (SSSR count). The van der Waals surface area contributed by atoms with E-state index in [0.29, 0.717) is 0 Å². The number of carboxylic acid groups (broad SMARTS) is 1. The lowest BCUT2D eigenvalue weighted by molar-refractivity contribution is -0.139. The molecule has 11 heteroatoms. The lowest BCUT2D eigenvalue weighted by atomic mass is 10.2. The van der Waals surface area contributed by atoms with E-state index in [0.717, 1.165) is 11.2 Å². The first kappa shape index (κ1) is 16.9. The van der Waals surface area contributed by atoms with Gasteiger partial charge in [-0.05, 0) is 6.42 Å². The van der Waals surface area contributed by atoms with Crippen molar-refractivity contribution in [3.05, 3.63) is 0 Å². The van der Waals surface area contributed by atoms with Crippen molar-refractivity contribution in [1.29, 1.82) is 0 Å². The largest absolute Gasteiger partial charge is 0.480 e. The standard InChI is InChI=1S/C10H15N3O7S/c1-21(19,20)3-2-6(9(16)17)11-10(18)13-4-7(14)12-8(15)5-13/h6H,2-5H2,1H3,(H,11,18)(H,16,17)(H,12,14,15). The smallest absolute Gasteiger partial charge is 0.326 e. The van der Waals surface area contributed by atoms with E-state index in [4.69, 9.17) is 5.11 Å². The van der Waals surface area contributed by atoms with Gasteiger partial charge in [0.1, 0.15) is 29.0 Å². The van der Waals surface area contributed by atoms with Crippen LogP contribution in [0.25, 0.3) is 0 Å². The summed E-state index contributed by atoms with van der Waals surface area (Å²) in [5.41, 5.74) is 0. The Bertz CT molecular complexity index is 555. The third-order valence-corrected chi connectivity index (χ3v) is 3.59. The normalized spacial score (nSPS) is 17.1. The van der Waals surface area contributed by atoms with E-state index < -0.39 is 45.4 Å². The van der Waals surface area contributed by atoms with E-state index in [1.165, 1.54) is 0 Å². The third-order valence-electron chi connectivity index (χ3n) is 2.61. The Morgan fingerprint density at radius 2 is 1.86 bits per heavy atom. The Morgan fingerprint density at radius 3 is 2.29 bits per heavy atom. The van der Waals surface area contributed by atoms with Crippen LogP contribution in [0.3, 0.4) is 0 Å². The minimum atomic E-state index is -3.38. The molecule has 0 aromatic carbocycles. The van der Waals surface area contributed by atoms with Gasteiger partial charge < -0.3 is 15.3 Å². The fourth-order valence-corrected chi connectivity index (χ4v) is 2.27. The Hall–Kier alpha value is -2.17. The molecule has 1 fully saturated rings. The summed E-state index contributed by atoms with van der Waals surface area (Å²) in [6.07, 6.45) is 0.634. The summed E-state index contributed by atoms with van der Waals surface area (Å²) in [6.45, 7) is -0.758. The summed E-state index contributed by atoms with van der Waals surface area (Å²) >= 11 is 0. The van der Waals surface area contributed by atoms with Gasteiger partial charge in [0, 0.05) is 6.26 Å². The van der Waals surface area contributed by atoms with Gasteiger partial charge in [-0.1, -0.05) is 0 Å². The number of nitrogens with one attached hydrogen (secondary N) is 2. The molecule has 0 saturated carbocycles. The topological polar surface area (TPSA) is 150 Å². The number of carbonyl (C=O) groups is 4. The number of carbonyl (C=O) groups excluding carboxylic acids is 3. The summed E-state index contributed by atoms with van der Waals surface area (Å²) < 4.78 is 22.0. The number of rotatable bonds is 5. The molecule has 10 nitrogen and oxygen atoms in total. The van der Waals surface area contributed by atoms with Gasteiger partial charge in [0.15, 0.2) is 0 Å². The van der Waals surface area contributed by atoms with Crippen LogP contribution in [0.2, 0.25) is 0 Å². The van der Waals surface area contributed by atoms with E-state index in [9.17, 15) is 27.6 Å². The van der Waals surface area contributed by atoms with Crippen molar-refractivity contribution < 1.29 is 32.7 Å². The molecule has 1 atom stereocenters. The second-order valence-corrected chi connectivity index (χ2v) is 6.85. The highest BCUT2D eigenvalue weighted by Crippen LogP contribution is 2.01. The van der Waals surface area contributed by atoms with Crippen LogP contribution in [0.15, 0.2) is 0 Å². The summed E-state index contributed by atoms with van der Waals surface area (Å²) in [4.78, 5) is 45.9. The van der Waals surface area contributed by atoms with Crippen molar-refractivity contribution in [1.82, 2.24) is 15.5 Å². The molecular weight excluding hydrogens is 306 g/mol. The molecule has 0 spiro atoms. The number of amides is 4. The molecule has 0 bridgehead atoms. The molecule has 0 aromatic heterocycles. The van der Waals surface area contributed by atoms with Crippen LogP contribution >= 0.6 is 0 Å². The minimum Gasteiger partial charge on any atom is -0.480 e. The average Bonchev–Trinajstić information content (AvgIpc) is 2.31. The maximum absolute atomic E-state index is 11.8. The number of hydrogen-bond acceptors (Lipinski definition) is 6. The lowest BCUT2D eigenvalue weighted by Crippen LogP contribution is -2.57. The van der Waals surface area contributed by atoms with Crippen LogP contribution in [0, 0.1) is 0 Å². The molecule has 21 heavy (non-hydrogen) atoms. The molecule has 0 aromatic rings. The molecule has 1 heterocycles. The van der Waals surface area contributed by atoms with Crippen LogP contribution in [-0.2, 0) is 24.2 Å². The SMILES string of the molecule is CS(=O)(=O)CCC(NC(=O)N1CC(=O)NC(=O)C1)C(=O)O. The molecule has 0 radical (unpaired) electrons. The van der Waals surface area contributed by atoms with Gasteiger partial charge in [0.2, 0.25) is 11.8 Å². The molecular formula is C10H15N3O7S. The van der Waals surface area contributed by atoms with Crippen molar-refractivity contribution >= 4 is 33.7 Å². The predicted octanol–water partition coefficient (Wildman–Crippen LogP) is -2.46. The van der Waals surface area contributed by atoms with Gasteiger partial charge in [0.25, 0.3) is 0 Å². The van der Waals surface area contributed by atoms with Crippen LogP contribution in [0.5, 0.6) is 0 Å². The Kier molecular flexibility index (Phi) is 5.24. The summed E-state index contributed by atoms with van der Waals surface area (Å²) in [5, 5.41) is 13.0. The van der Waals surface area contributed by atoms with Crippen LogP contribution in [-0.4, -0.2) is 73.4 Å². The van der Waals surface area contributed by atoms with Crippen molar-refractivity contribution in [3.63, 3.8) is 0 Å². The number of piperazine rings is 1. The Morgan fingerprint density at radius 1 is 1.33 bits per heavy atom. The first-order valence-corrected chi connectivity index (χ1v) is 7.93. The number of nitrogens with zero attached hydrogens (tertiary/aromatic N) is 1. The number of carboxylic acids is 1. The second-order valence-electron chi connectivity index (χ2n) is 4.59. The van der Waals surface area contributed by atoms with Crippen molar-refractivity contribution in [2.45, 2.75) is 12.5 Å². The zero-order valence-electron chi connectivity index (χ0n) is 11.2. The third kappa shape index (κ3) is 5.77. The van der Waals surface area contributed by atoms with E-state index in [2.05, 4.69) is 5.32 Å². The van der Waals surface area contributed by atoms with E-state index in [-0.39, 0.29) is 19.5 Å². The van der Waals surface area contributed by atoms with Gasteiger partial charge in [-0.3, -0.25) is 14.9 Å². The van der Waals surface area contributed by atoms with Gasteiger partial charge in [-0.15, -0.1) is 0 Å². The van der Waals surface area contributed by atoms with Gasteiger partial charge in [-0.2, -0.15) is 0 Å². The number of sulfone groups is 1. The maximum atomic E-state index is 11.8. The van der Waals surface area contributed by atoms with Crippen LogP contribution in [0.4, 0.5) is 4.79 Å². The zero-order chi connectivity index (χ0) is 16.2.